The summed E-state index contributed by atoms with van der Waals surface area (Å²) in [6, 6.07) is 13.4. The van der Waals surface area contributed by atoms with E-state index in [4.69, 9.17) is 18.9 Å². The third-order valence-electron chi connectivity index (χ3n) is 3.26. The van der Waals surface area contributed by atoms with Crippen molar-refractivity contribution in [1.82, 2.24) is 5.32 Å². The van der Waals surface area contributed by atoms with E-state index in [1.54, 1.807) is 14.2 Å². The molecule has 0 amide bonds. The van der Waals surface area contributed by atoms with Crippen LogP contribution >= 0.6 is 0 Å². The van der Waals surface area contributed by atoms with Gasteiger partial charge in [-0.05, 0) is 36.9 Å². The van der Waals surface area contributed by atoms with Crippen LogP contribution in [0, 0.1) is 0 Å². The fraction of sp³-hybridized carbons (Fsp3) is 0.333. The second kappa shape index (κ2) is 8.90. The molecule has 0 aliphatic carbocycles. The Labute approximate surface area is 137 Å². The first-order chi connectivity index (χ1) is 11.3. The minimum absolute atomic E-state index is 0.427. The topological polar surface area (TPSA) is 49.0 Å². The molecule has 0 heterocycles. The van der Waals surface area contributed by atoms with Crippen molar-refractivity contribution in [3.8, 4) is 23.0 Å². The van der Waals surface area contributed by atoms with Crippen LogP contribution in [-0.2, 0) is 6.54 Å². The zero-order chi connectivity index (χ0) is 16.5. The minimum atomic E-state index is 0.427. The monoisotopic (exact) mass is 317 g/mol. The quantitative estimate of drug-likeness (QED) is 0.721. The molecule has 0 aromatic heterocycles. The Morgan fingerprint density at radius 2 is 1.61 bits per heavy atom. The van der Waals surface area contributed by atoms with E-state index in [1.807, 2.05) is 49.5 Å². The highest BCUT2D eigenvalue weighted by atomic mass is 16.5. The first-order valence-corrected chi connectivity index (χ1v) is 7.48. The van der Waals surface area contributed by atoms with E-state index >= 15 is 0 Å². The molecule has 0 bridgehead atoms. The van der Waals surface area contributed by atoms with Crippen LogP contribution in [-0.4, -0.2) is 34.5 Å². The molecule has 0 radical (unpaired) electrons. The zero-order valence-electron chi connectivity index (χ0n) is 13.8. The Morgan fingerprint density at radius 3 is 2.35 bits per heavy atom. The smallest absolute Gasteiger partial charge is 0.161 e. The van der Waals surface area contributed by atoms with E-state index in [1.165, 1.54) is 0 Å². The van der Waals surface area contributed by atoms with Gasteiger partial charge in [0.1, 0.15) is 24.7 Å². The average molecular weight is 317 g/mol. The molecular formula is C18H23NO4. The Balaban J connectivity index is 1.88. The maximum Gasteiger partial charge on any atom is 0.161 e. The molecule has 5 heteroatoms. The molecular weight excluding hydrogens is 294 g/mol. The molecule has 0 spiro atoms. The van der Waals surface area contributed by atoms with E-state index in [9.17, 15) is 0 Å². The summed E-state index contributed by atoms with van der Waals surface area (Å²) < 4.78 is 21.9. The molecule has 2 aromatic rings. The van der Waals surface area contributed by atoms with Gasteiger partial charge in [-0.3, -0.25) is 0 Å². The van der Waals surface area contributed by atoms with E-state index < -0.39 is 0 Å². The van der Waals surface area contributed by atoms with Gasteiger partial charge in [0.2, 0.25) is 0 Å². The van der Waals surface area contributed by atoms with Gasteiger partial charge in [0.05, 0.1) is 14.2 Å². The van der Waals surface area contributed by atoms with Crippen LogP contribution in [0.4, 0.5) is 0 Å². The van der Waals surface area contributed by atoms with Gasteiger partial charge in [0.15, 0.2) is 11.5 Å². The number of methoxy groups -OCH3 is 2. The van der Waals surface area contributed by atoms with Crippen molar-refractivity contribution in [2.75, 3.05) is 34.5 Å². The van der Waals surface area contributed by atoms with Crippen molar-refractivity contribution in [2.45, 2.75) is 6.54 Å². The van der Waals surface area contributed by atoms with E-state index in [-0.39, 0.29) is 0 Å². The molecule has 0 atom stereocenters. The van der Waals surface area contributed by atoms with Crippen LogP contribution < -0.4 is 24.3 Å². The number of benzene rings is 2. The van der Waals surface area contributed by atoms with Gasteiger partial charge in [-0.2, -0.15) is 0 Å². The first-order valence-electron chi connectivity index (χ1n) is 7.48. The molecule has 124 valence electrons. The van der Waals surface area contributed by atoms with Crippen LogP contribution in [0.25, 0.3) is 0 Å². The van der Waals surface area contributed by atoms with Gasteiger partial charge in [0, 0.05) is 12.6 Å². The number of hydrogen-bond donors (Lipinski definition) is 1. The summed E-state index contributed by atoms with van der Waals surface area (Å²) in [5, 5.41) is 3.12. The van der Waals surface area contributed by atoms with Crippen molar-refractivity contribution < 1.29 is 18.9 Å². The van der Waals surface area contributed by atoms with Crippen molar-refractivity contribution in [3.63, 3.8) is 0 Å². The Bertz CT molecular complexity index is 616. The van der Waals surface area contributed by atoms with E-state index in [2.05, 4.69) is 5.32 Å². The standard InChI is InChI=1S/C18H23NO4/c1-19-13-14-7-8-17(21-3)18(11-14)23-10-9-22-16-6-4-5-15(12-16)20-2/h4-8,11-12,19H,9-10,13H2,1-3H3. The Morgan fingerprint density at radius 1 is 0.826 bits per heavy atom. The molecule has 0 saturated heterocycles. The van der Waals surface area contributed by atoms with Gasteiger partial charge in [-0.15, -0.1) is 0 Å². The fourth-order valence-electron chi connectivity index (χ4n) is 2.15. The first kappa shape index (κ1) is 17.0. The minimum Gasteiger partial charge on any atom is -0.497 e. The molecule has 2 rings (SSSR count). The van der Waals surface area contributed by atoms with Crippen LogP contribution in [0.15, 0.2) is 42.5 Å². The van der Waals surface area contributed by atoms with Gasteiger partial charge >= 0.3 is 0 Å². The number of ether oxygens (including phenoxy) is 4. The summed E-state index contributed by atoms with van der Waals surface area (Å²) in [5.41, 5.74) is 1.14. The maximum absolute atomic E-state index is 5.78. The van der Waals surface area contributed by atoms with Crippen molar-refractivity contribution >= 4 is 0 Å². The molecule has 0 aliphatic heterocycles. The lowest BCUT2D eigenvalue weighted by molar-refractivity contribution is 0.210. The zero-order valence-corrected chi connectivity index (χ0v) is 13.8. The lowest BCUT2D eigenvalue weighted by Gasteiger charge is -2.13. The number of hydrogen-bond acceptors (Lipinski definition) is 5. The van der Waals surface area contributed by atoms with Crippen LogP contribution in [0.5, 0.6) is 23.0 Å². The third-order valence-corrected chi connectivity index (χ3v) is 3.26. The van der Waals surface area contributed by atoms with Crippen LogP contribution in [0.3, 0.4) is 0 Å². The highest BCUT2D eigenvalue weighted by Gasteiger charge is 2.06. The van der Waals surface area contributed by atoms with E-state index in [0.29, 0.717) is 19.0 Å². The fourth-order valence-corrected chi connectivity index (χ4v) is 2.15. The summed E-state index contributed by atoms with van der Waals surface area (Å²) in [5.74, 6) is 2.95. The van der Waals surface area contributed by atoms with E-state index in [0.717, 1.165) is 29.4 Å². The second-order valence-corrected chi connectivity index (χ2v) is 4.89. The summed E-state index contributed by atoms with van der Waals surface area (Å²) >= 11 is 0. The van der Waals surface area contributed by atoms with Gasteiger partial charge in [-0.1, -0.05) is 12.1 Å². The largest absolute Gasteiger partial charge is 0.497 e. The normalized spacial score (nSPS) is 10.2. The maximum atomic E-state index is 5.78. The summed E-state index contributed by atoms with van der Waals surface area (Å²) in [7, 11) is 5.17. The van der Waals surface area contributed by atoms with Crippen LogP contribution in [0.1, 0.15) is 5.56 Å². The predicted molar refractivity (Wildman–Crippen MR) is 89.7 cm³/mol. The molecule has 2 aromatic carbocycles. The average Bonchev–Trinajstić information content (AvgIpc) is 2.59. The van der Waals surface area contributed by atoms with Crippen molar-refractivity contribution in [3.05, 3.63) is 48.0 Å². The van der Waals surface area contributed by atoms with Gasteiger partial charge < -0.3 is 24.3 Å². The molecule has 0 fully saturated rings. The van der Waals surface area contributed by atoms with Crippen molar-refractivity contribution in [2.24, 2.45) is 0 Å². The lowest BCUT2D eigenvalue weighted by atomic mass is 10.2. The molecule has 0 aliphatic rings. The molecule has 0 unspecified atom stereocenters. The molecule has 23 heavy (non-hydrogen) atoms. The molecule has 0 saturated carbocycles. The highest BCUT2D eigenvalue weighted by molar-refractivity contribution is 5.43. The molecule has 5 nitrogen and oxygen atoms in total. The predicted octanol–water partition coefficient (Wildman–Crippen LogP) is 2.88. The van der Waals surface area contributed by atoms with Gasteiger partial charge in [0.25, 0.3) is 0 Å². The van der Waals surface area contributed by atoms with Gasteiger partial charge in [-0.25, -0.2) is 0 Å². The number of nitrogens with one attached hydrogen (secondary N) is 1. The van der Waals surface area contributed by atoms with Crippen LogP contribution in [0.2, 0.25) is 0 Å². The number of rotatable bonds is 9. The lowest BCUT2D eigenvalue weighted by Crippen LogP contribution is -2.10. The molecule has 1 N–H and O–H groups in total. The SMILES string of the molecule is CNCc1ccc(OC)c(OCCOc2cccc(OC)c2)c1. The summed E-state index contributed by atoms with van der Waals surface area (Å²) in [6.07, 6.45) is 0. The summed E-state index contributed by atoms with van der Waals surface area (Å²) in [4.78, 5) is 0. The second-order valence-electron chi connectivity index (χ2n) is 4.89. The Hall–Kier alpha value is -2.40. The summed E-state index contributed by atoms with van der Waals surface area (Å²) in [6.45, 7) is 1.64. The Kier molecular flexibility index (Phi) is 6.56. The third kappa shape index (κ3) is 5.07. The highest BCUT2D eigenvalue weighted by Crippen LogP contribution is 2.28. The van der Waals surface area contributed by atoms with Crippen molar-refractivity contribution in [1.29, 1.82) is 0 Å².